The summed E-state index contributed by atoms with van der Waals surface area (Å²) in [7, 11) is 1.53. The molecule has 0 aliphatic heterocycles. The van der Waals surface area contributed by atoms with Gasteiger partial charge in [-0.3, -0.25) is 4.79 Å². The van der Waals surface area contributed by atoms with Crippen molar-refractivity contribution >= 4 is 23.4 Å². The van der Waals surface area contributed by atoms with Gasteiger partial charge in [0.25, 0.3) is 5.76 Å². The van der Waals surface area contributed by atoms with Gasteiger partial charge in [-0.2, -0.15) is 8.78 Å². The number of amides is 1. The molecule has 0 radical (unpaired) electrons. The summed E-state index contributed by atoms with van der Waals surface area (Å²) in [4.78, 5) is 12.3. The van der Waals surface area contributed by atoms with E-state index >= 15 is 0 Å². The third-order valence-electron chi connectivity index (χ3n) is 3.03. The molecule has 0 aromatic heterocycles. The van der Waals surface area contributed by atoms with Gasteiger partial charge in [0.1, 0.15) is 0 Å². The average Bonchev–Trinajstić information content (AvgIpc) is 2.56. The Morgan fingerprint density at radius 2 is 1.79 bits per heavy atom. The lowest BCUT2D eigenvalue weighted by Crippen LogP contribution is -2.15. The fourth-order valence-electron chi connectivity index (χ4n) is 1.97. The molecule has 0 heterocycles. The van der Waals surface area contributed by atoms with Crippen LogP contribution in [0.2, 0.25) is 0 Å². The number of carbonyl (C=O) groups excluding carboxylic acids is 1. The van der Waals surface area contributed by atoms with Crippen LogP contribution in [0.3, 0.4) is 0 Å². The van der Waals surface area contributed by atoms with E-state index in [2.05, 4.69) is 5.32 Å². The van der Waals surface area contributed by atoms with Crippen LogP contribution < -0.4 is 14.8 Å². The molecule has 2 aromatic carbocycles. The number of nitrogens with one attached hydrogen (secondary N) is 1. The van der Waals surface area contributed by atoms with E-state index in [-0.39, 0.29) is 18.9 Å². The molecule has 2 rings (SSSR count). The van der Waals surface area contributed by atoms with E-state index in [9.17, 15) is 13.6 Å². The Balaban J connectivity index is 1.88. The molecule has 4 nitrogen and oxygen atoms in total. The molecule has 0 atom stereocenters. The summed E-state index contributed by atoms with van der Waals surface area (Å²) in [5, 5.41) is 2.63. The normalized spacial score (nSPS) is 10.5. The highest BCUT2D eigenvalue weighted by atomic mass is 32.2. The van der Waals surface area contributed by atoms with E-state index in [1.165, 1.54) is 13.2 Å². The minimum atomic E-state index is -2.54. The van der Waals surface area contributed by atoms with E-state index in [1.807, 2.05) is 6.07 Å². The van der Waals surface area contributed by atoms with Gasteiger partial charge in [0.15, 0.2) is 11.5 Å². The van der Waals surface area contributed by atoms with Crippen molar-refractivity contribution in [2.45, 2.75) is 17.1 Å². The molecule has 1 amide bonds. The van der Waals surface area contributed by atoms with E-state index < -0.39 is 5.76 Å². The van der Waals surface area contributed by atoms with Gasteiger partial charge in [-0.05, 0) is 24.3 Å². The lowest BCUT2D eigenvalue weighted by atomic mass is 10.3. The Hall–Kier alpha value is -2.28. The number of thioether (sulfide) groups is 1. The molecule has 2 aromatic rings. The van der Waals surface area contributed by atoms with Crippen LogP contribution in [0.4, 0.5) is 14.5 Å². The average molecular weight is 353 g/mol. The SMILES string of the molecule is COc1ccccc1OCCC(=O)Nc1ccccc1SC(F)F. The molecule has 0 unspecified atom stereocenters. The Morgan fingerprint density at radius 1 is 1.12 bits per heavy atom. The number of hydrogen-bond donors (Lipinski definition) is 1. The first-order valence-electron chi connectivity index (χ1n) is 7.19. The van der Waals surface area contributed by atoms with Crippen LogP contribution in [0.25, 0.3) is 0 Å². The van der Waals surface area contributed by atoms with Gasteiger partial charge in [0, 0.05) is 4.90 Å². The summed E-state index contributed by atoms with van der Waals surface area (Å²) < 4.78 is 35.7. The molecule has 0 bridgehead atoms. The number of hydrogen-bond acceptors (Lipinski definition) is 4. The van der Waals surface area contributed by atoms with Gasteiger partial charge in [0.2, 0.25) is 5.91 Å². The molecule has 128 valence electrons. The van der Waals surface area contributed by atoms with Crippen molar-refractivity contribution in [1.82, 2.24) is 0 Å². The lowest BCUT2D eigenvalue weighted by Gasteiger charge is -2.12. The van der Waals surface area contributed by atoms with Crippen molar-refractivity contribution in [2.24, 2.45) is 0 Å². The molecule has 0 saturated carbocycles. The maximum absolute atomic E-state index is 12.5. The van der Waals surface area contributed by atoms with E-state index in [0.717, 1.165) is 0 Å². The van der Waals surface area contributed by atoms with Crippen LogP contribution in [0.15, 0.2) is 53.4 Å². The molecule has 0 fully saturated rings. The zero-order chi connectivity index (χ0) is 17.4. The maximum Gasteiger partial charge on any atom is 0.288 e. The first kappa shape index (κ1) is 18.1. The second kappa shape index (κ2) is 9.12. The highest BCUT2D eigenvalue weighted by Crippen LogP contribution is 2.31. The molecule has 0 aliphatic rings. The third kappa shape index (κ3) is 5.42. The van der Waals surface area contributed by atoms with Gasteiger partial charge < -0.3 is 14.8 Å². The van der Waals surface area contributed by atoms with Gasteiger partial charge in [-0.15, -0.1) is 0 Å². The summed E-state index contributed by atoms with van der Waals surface area (Å²) in [5.74, 6) is -1.73. The number of anilines is 1. The van der Waals surface area contributed by atoms with Crippen LogP contribution in [0.1, 0.15) is 6.42 Å². The molecule has 7 heteroatoms. The number of carbonyl (C=O) groups is 1. The predicted molar refractivity (Wildman–Crippen MR) is 90.0 cm³/mol. The van der Waals surface area contributed by atoms with Crippen LogP contribution in [0.5, 0.6) is 11.5 Å². The zero-order valence-electron chi connectivity index (χ0n) is 13.0. The van der Waals surface area contributed by atoms with Gasteiger partial charge >= 0.3 is 0 Å². The minimum Gasteiger partial charge on any atom is -0.493 e. The van der Waals surface area contributed by atoms with Crippen molar-refractivity contribution in [3.05, 3.63) is 48.5 Å². The van der Waals surface area contributed by atoms with Crippen molar-refractivity contribution in [3.8, 4) is 11.5 Å². The van der Waals surface area contributed by atoms with Crippen molar-refractivity contribution in [2.75, 3.05) is 19.0 Å². The Kier molecular flexibility index (Phi) is 6.87. The predicted octanol–water partition coefficient (Wildman–Crippen LogP) is 4.42. The molecular formula is C17H17F2NO3S. The smallest absolute Gasteiger partial charge is 0.288 e. The first-order chi connectivity index (χ1) is 11.6. The summed E-state index contributed by atoms with van der Waals surface area (Å²) >= 11 is 0.397. The number of rotatable bonds is 8. The quantitative estimate of drug-likeness (QED) is 0.714. The number of methoxy groups -OCH3 is 1. The lowest BCUT2D eigenvalue weighted by molar-refractivity contribution is -0.116. The number of halogens is 2. The fraction of sp³-hybridized carbons (Fsp3) is 0.235. The molecule has 0 aliphatic carbocycles. The second-order valence-corrected chi connectivity index (χ2v) is 5.70. The van der Waals surface area contributed by atoms with E-state index in [0.29, 0.717) is 33.8 Å². The molecule has 0 spiro atoms. The number of alkyl halides is 2. The van der Waals surface area contributed by atoms with Gasteiger partial charge in [0.05, 0.1) is 25.8 Å². The zero-order valence-corrected chi connectivity index (χ0v) is 13.8. The van der Waals surface area contributed by atoms with Crippen LogP contribution in [0, 0.1) is 0 Å². The molecule has 0 saturated heterocycles. The van der Waals surface area contributed by atoms with Crippen LogP contribution in [-0.4, -0.2) is 25.4 Å². The number of ether oxygens (including phenoxy) is 2. The summed E-state index contributed by atoms with van der Waals surface area (Å²) in [6.07, 6.45) is 0.0890. The maximum atomic E-state index is 12.5. The molecular weight excluding hydrogens is 336 g/mol. The third-order valence-corrected chi connectivity index (χ3v) is 3.82. The van der Waals surface area contributed by atoms with Crippen LogP contribution >= 0.6 is 11.8 Å². The Morgan fingerprint density at radius 3 is 2.50 bits per heavy atom. The fourth-order valence-corrected chi connectivity index (χ4v) is 2.57. The van der Waals surface area contributed by atoms with E-state index in [4.69, 9.17) is 9.47 Å². The highest BCUT2D eigenvalue weighted by Gasteiger charge is 2.12. The summed E-state index contributed by atoms with van der Waals surface area (Å²) in [6, 6.07) is 13.6. The highest BCUT2D eigenvalue weighted by molar-refractivity contribution is 7.99. The monoisotopic (exact) mass is 353 g/mol. The Bertz CT molecular complexity index is 682. The van der Waals surface area contributed by atoms with E-state index in [1.54, 1.807) is 36.4 Å². The number of para-hydroxylation sites is 3. The summed E-state index contributed by atoms with van der Waals surface area (Å²) in [6.45, 7) is 0.149. The molecule has 1 N–H and O–H groups in total. The van der Waals surface area contributed by atoms with Gasteiger partial charge in [-0.25, -0.2) is 0 Å². The van der Waals surface area contributed by atoms with Crippen molar-refractivity contribution < 1.29 is 23.0 Å². The minimum absolute atomic E-state index is 0.0890. The number of benzene rings is 2. The first-order valence-corrected chi connectivity index (χ1v) is 8.07. The van der Waals surface area contributed by atoms with Gasteiger partial charge in [-0.1, -0.05) is 36.0 Å². The van der Waals surface area contributed by atoms with Crippen molar-refractivity contribution in [3.63, 3.8) is 0 Å². The second-order valence-electron chi connectivity index (χ2n) is 4.67. The topological polar surface area (TPSA) is 47.6 Å². The largest absolute Gasteiger partial charge is 0.493 e. The molecule has 24 heavy (non-hydrogen) atoms. The Labute approximate surface area is 143 Å². The van der Waals surface area contributed by atoms with Crippen LogP contribution in [-0.2, 0) is 4.79 Å². The van der Waals surface area contributed by atoms with Crippen molar-refractivity contribution in [1.29, 1.82) is 0 Å². The summed E-state index contributed by atoms with van der Waals surface area (Å²) in [5.41, 5.74) is 0.366. The standard InChI is InChI=1S/C17H17F2NO3S/c1-22-13-7-3-4-8-14(13)23-11-10-16(21)20-12-6-2-5-9-15(12)24-17(18)19/h2-9,17H,10-11H2,1H3,(H,20,21).